The number of carbonyl (C=O) groups is 2. The van der Waals surface area contributed by atoms with E-state index in [1.807, 2.05) is 24.4 Å². The molecule has 2 heterocycles. The van der Waals surface area contributed by atoms with Gasteiger partial charge in [-0.2, -0.15) is 0 Å². The zero-order valence-electron chi connectivity index (χ0n) is 10.7. The fourth-order valence-electron chi connectivity index (χ4n) is 1.59. The van der Waals surface area contributed by atoms with Crippen LogP contribution in [0.3, 0.4) is 0 Å². The first-order valence-corrected chi connectivity index (χ1v) is 7.61. The predicted molar refractivity (Wildman–Crippen MR) is 81.2 cm³/mol. The van der Waals surface area contributed by atoms with Crippen molar-refractivity contribution in [3.8, 4) is 0 Å². The Bertz CT molecular complexity index is 629. The molecule has 2 N–H and O–H groups in total. The second-order valence-electron chi connectivity index (χ2n) is 4.08. The summed E-state index contributed by atoms with van der Waals surface area (Å²) in [5, 5.41) is 13.4. The predicted octanol–water partition coefficient (Wildman–Crippen LogP) is 3.40. The Morgan fingerprint density at radius 3 is 2.80 bits per heavy atom. The maximum Gasteiger partial charge on any atom is 0.328 e. The number of aliphatic carboxylic acids is 1. The van der Waals surface area contributed by atoms with E-state index in [9.17, 15) is 9.59 Å². The Labute approximate surface area is 124 Å². The van der Waals surface area contributed by atoms with Crippen LogP contribution in [0.2, 0.25) is 0 Å². The average molecular weight is 307 g/mol. The molecular weight excluding hydrogens is 294 g/mol. The first-order valence-electron chi connectivity index (χ1n) is 5.91. The maximum atomic E-state index is 12.1. The van der Waals surface area contributed by atoms with Crippen LogP contribution in [0.5, 0.6) is 0 Å². The zero-order chi connectivity index (χ0) is 14.5. The van der Waals surface area contributed by atoms with Gasteiger partial charge in [0, 0.05) is 15.8 Å². The molecule has 0 fully saturated rings. The highest BCUT2D eigenvalue weighted by atomic mass is 32.1. The van der Waals surface area contributed by atoms with Crippen molar-refractivity contribution in [3.63, 3.8) is 0 Å². The molecule has 20 heavy (non-hydrogen) atoms. The Kier molecular flexibility index (Phi) is 4.70. The highest BCUT2D eigenvalue weighted by molar-refractivity contribution is 7.14. The van der Waals surface area contributed by atoms with Crippen molar-refractivity contribution in [3.05, 3.63) is 50.4 Å². The van der Waals surface area contributed by atoms with Gasteiger partial charge in [0.25, 0.3) is 5.91 Å². The van der Waals surface area contributed by atoms with E-state index in [1.165, 1.54) is 17.4 Å². The summed E-state index contributed by atoms with van der Waals surface area (Å²) in [4.78, 5) is 24.9. The van der Waals surface area contributed by atoms with Gasteiger partial charge < -0.3 is 10.4 Å². The molecule has 0 spiro atoms. The fraction of sp³-hybridized carbons (Fsp3) is 0.143. The van der Waals surface area contributed by atoms with Gasteiger partial charge in [0.15, 0.2) is 0 Å². The molecule has 104 valence electrons. The van der Waals surface area contributed by atoms with Crippen molar-refractivity contribution >= 4 is 40.6 Å². The third kappa shape index (κ3) is 3.79. The Morgan fingerprint density at radius 1 is 1.35 bits per heavy atom. The lowest BCUT2D eigenvalue weighted by Gasteiger charge is -2.10. The highest BCUT2D eigenvalue weighted by Crippen LogP contribution is 2.21. The SMILES string of the molecule is CC(NC(=O)c1ccc(C=CC(=O)O)s1)c1cccs1. The van der Waals surface area contributed by atoms with E-state index >= 15 is 0 Å². The van der Waals surface area contributed by atoms with Crippen LogP contribution < -0.4 is 5.32 Å². The lowest BCUT2D eigenvalue weighted by atomic mass is 10.2. The molecule has 0 aliphatic carbocycles. The second-order valence-corrected chi connectivity index (χ2v) is 6.18. The molecule has 0 aliphatic heterocycles. The van der Waals surface area contributed by atoms with Crippen molar-refractivity contribution in [2.75, 3.05) is 0 Å². The van der Waals surface area contributed by atoms with Crippen molar-refractivity contribution in [1.29, 1.82) is 0 Å². The topological polar surface area (TPSA) is 66.4 Å². The standard InChI is InChI=1S/C14H13NO3S2/c1-9(11-3-2-8-19-11)15-14(18)12-6-4-10(20-12)5-7-13(16)17/h2-9H,1H3,(H,15,18)(H,16,17). The van der Waals surface area contributed by atoms with E-state index in [0.29, 0.717) is 4.88 Å². The van der Waals surface area contributed by atoms with Crippen LogP contribution in [0.15, 0.2) is 35.7 Å². The highest BCUT2D eigenvalue weighted by Gasteiger charge is 2.13. The van der Waals surface area contributed by atoms with Gasteiger partial charge in [-0.25, -0.2) is 4.79 Å². The molecule has 0 radical (unpaired) electrons. The molecule has 0 bridgehead atoms. The average Bonchev–Trinajstić information content (AvgIpc) is 3.07. The minimum atomic E-state index is -1.00. The van der Waals surface area contributed by atoms with Gasteiger partial charge in [-0.15, -0.1) is 22.7 Å². The van der Waals surface area contributed by atoms with Crippen molar-refractivity contribution in [2.45, 2.75) is 13.0 Å². The molecule has 2 rings (SSSR count). The molecule has 2 aromatic heterocycles. The molecule has 0 saturated carbocycles. The summed E-state index contributed by atoms with van der Waals surface area (Å²) in [5.74, 6) is -1.15. The molecule has 4 nitrogen and oxygen atoms in total. The normalized spacial score (nSPS) is 12.4. The lowest BCUT2D eigenvalue weighted by Crippen LogP contribution is -2.25. The molecular formula is C14H13NO3S2. The minimum absolute atomic E-state index is 0.0392. The van der Waals surface area contributed by atoms with Crippen LogP contribution in [0.4, 0.5) is 0 Å². The lowest BCUT2D eigenvalue weighted by molar-refractivity contribution is -0.131. The van der Waals surface area contributed by atoms with Crippen LogP contribution in [0, 0.1) is 0 Å². The summed E-state index contributed by atoms with van der Waals surface area (Å²) >= 11 is 2.86. The van der Waals surface area contributed by atoms with Gasteiger partial charge in [0.05, 0.1) is 10.9 Å². The molecule has 1 unspecified atom stereocenters. The number of nitrogens with one attached hydrogen (secondary N) is 1. The van der Waals surface area contributed by atoms with Gasteiger partial charge in [0.2, 0.25) is 0 Å². The van der Waals surface area contributed by atoms with Crippen molar-refractivity contribution in [1.82, 2.24) is 5.32 Å². The molecule has 6 heteroatoms. The Balaban J connectivity index is 2.01. The monoisotopic (exact) mass is 307 g/mol. The molecule has 0 aromatic carbocycles. The van der Waals surface area contributed by atoms with Crippen LogP contribution in [0.1, 0.15) is 32.4 Å². The van der Waals surface area contributed by atoms with Crippen molar-refractivity contribution < 1.29 is 14.7 Å². The van der Waals surface area contributed by atoms with Gasteiger partial charge in [0.1, 0.15) is 0 Å². The molecule has 0 saturated heterocycles. The number of carbonyl (C=O) groups excluding carboxylic acids is 1. The number of carboxylic acid groups (broad SMARTS) is 1. The van der Waals surface area contributed by atoms with Crippen LogP contribution in [-0.2, 0) is 4.79 Å². The minimum Gasteiger partial charge on any atom is -0.478 e. The third-order valence-corrected chi connectivity index (χ3v) is 4.66. The largest absolute Gasteiger partial charge is 0.478 e. The van der Waals surface area contributed by atoms with Crippen LogP contribution in [-0.4, -0.2) is 17.0 Å². The van der Waals surface area contributed by atoms with Crippen LogP contribution >= 0.6 is 22.7 Å². The van der Waals surface area contributed by atoms with Crippen molar-refractivity contribution in [2.24, 2.45) is 0 Å². The van der Waals surface area contributed by atoms with E-state index in [4.69, 9.17) is 5.11 Å². The quantitative estimate of drug-likeness (QED) is 0.832. The summed E-state index contributed by atoms with van der Waals surface area (Å²) in [6, 6.07) is 7.31. The number of hydrogen-bond acceptors (Lipinski definition) is 4. The van der Waals surface area contributed by atoms with Gasteiger partial charge in [-0.1, -0.05) is 6.07 Å². The number of amides is 1. The first-order chi connectivity index (χ1) is 9.56. The van der Waals surface area contributed by atoms with Gasteiger partial charge >= 0.3 is 5.97 Å². The van der Waals surface area contributed by atoms with E-state index in [2.05, 4.69) is 5.32 Å². The van der Waals surface area contributed by atoms with Gasteiger partial charge in [-0.3, -0.25) is 4.79 Å². The Morgan fingerprint density at radius 2 is 2.15 bits per heavy atom. The van der Waals surface area contributed by atoms with E-state index in [0.717, 1.165) is 15.8 Å². The molecule has 2 aromatic rings. The Hall–Kier alpha value is -1.92. The summed E-state index contributed by atoms with van der Waals surface area (Å²) in [5.41, 5.74) is 0. The fourth-order valence-corrected chi connectivity index (χ4v) is 3.14. The van der Waals surface area contributed by atoms with E-state index < -0.39 is 5.97 Å². The third-order valence-electron chi connectivity index (χ3n) is 2.56. The first kappa shape index (κ1) is 14.5. The summed E-state index contributed by atoms with van der Waals surface area (Å²) in [7, 11) is 0. The summed E-state index contributed by atoms with van der Waals surface area (Å²) in [6.07, 6.45) is 2.54. The molecule has 1 atom stereocenters. The molecule has 0 aliphatic rings. The summed E-state index contributed by atoms with van der Waals surface area (Å²) < 4.78 is 0. The number of thiophene rings is 2. The van der Waals surface area contributed by atoms with Gasteiger partial charge in [-0.05, 0) is 36.6 Å². The van der Waals surface area contributed by atoms with E-state index in [-0.39, 0.29) is 11.9 Å². The number of hydrogen-bond donors (Lipinski definition) is 2. The smallest absolute Gasteiger partial charge is 0.328 e. The maximum absolute atomic E-state index is 12.1. The number of rotatable bonds is 5. The summed E-state index contributed by atoms with van der Waals surface area (Å²) in [6.45, 7) is 1.93. The second kappa shape index (κ2) is 6.49. The van der Waals surface area contributed by atoms with Crippen LogP contribution in [0.25, 0.3) is 6.08 Å². The zero-order valence-corrected chi connectivity index (χ0v) is 12.3. The van der Waals surface area contributed by atoms with E-state index in [1.54, 1.807) is 23.5 Å². The number of carboxylic acids is 1. The molecule has 1 amide bonds.